The van der Waals surface area contributed by atoms with E-state index in [4.69, 9.17) is 9.84 Å². The fourth-order valence-corrected chi connectivity index (χ4v) is 2.41. The molecule has 6 nitrogen and oxygen atoms in total. The van der Waals surface area contributed by atoms with Crippen molar-refractivity contribution in [1.82, 2.24) is 9.97 Å². The van der Waals surface area contributed by atoms with Gasteiger partial charge >= 0.3 is 5.97 Å². The van der Waals surface area contributed by atoms with Crippen molar-refractivity contribution >= 4 is 17.7 Å². The van der Waals surface area contributed by atoms with E-state index in [2.05, 4.69) is 9.97 Å². The van der Waals surface area contributed by atoms with Gasteiger partial charge in [-0.1, -0.05) is 6.92 Å². The molecular formula is C16H17FN2O4S. The molecule has 2 atom stereocenters. The van der Waals surface area contributed by atoms with Crippen molar-refractivity contribution in [2.75, 3.05) is 12.9 Å². The van der Waals surface area contributed by atoms with Crippen LogP contribution in [0.1, 0.15) is 40.7 Å². The largest absolute Gasteiger partial charge is 0.478 e. The summed E-state index contributed by atoms with van der Waals surface area (Å²) in [5.41, 5.74) is 0.875. The summed E-state index contributed by atoms with van der Waals surface area (Å²) in [4.78, 5) is 19.0. The summed E-state index contributed by atoms with van der Waals surface area (Å²) in [5.74, 6) is -1.81. The van der Waals surface area contributed by atoms with Gasteiger partial charge in [0.1, 0.15) is 5.03 Å². The zero-order valence-corrected chi connectivity index (χ0v) is 14.0. The van der Waals surface area contributed by atoms with E-state index in [1.54, 1.807) is 13.2 Å². The fourth-order valence-electron chi connectivity index (χ4n) is 1.99. The lowest BCUT2D eigenvalue weighted by Gasteiger charge is -2.16. The summed E-state index contributed by atoms with van der Waals surface area (Å²) < 4.78 is 19.0. The smallest absolute Gasteiger partial charge is 0.335 e. The van der Waals surface area contributed by atoms with Gasteiger partial charge in [-0.2, -0.15) is 0 Å². The second-order valence-electron chi connectivity index (χ2n) is 5.12. The van der Waals surface area contributed by atoms with Gasteiger partial charge in [0.2, 0.25) is 0 Å². The summed E-state index contributed by atoms with van der Waals surface area (Å²) in [6.07, 6.45) is 3.14. The molecule has 8 heteroatoms. The zero-order chi connectivity index (χ0) is 17.7. The van der Waals surface area contributed by atoms with E-state index in [1.807, 2.05) is 0 Å². The molecule has 0 spiro atoms. The molecular weight excluding hydrogens is 335 g/mol. The lowest BCUT2D eigenvalue weighted by molar-refractivity contribution is -0.107. The van der Waals surface area contributed by atoms with E-state index >= 15 is 0 Å². The van der Waals surface area contributed by atoms with Crippen LogP contribution in [0.3, 0.4) is 0 Å². The average Bonchev–Trinajstić information content (AvgIpc) is 2.59. The Morgan fingerprint density at radius 2 is 2.17 bits per heavy atom. The molecule has 0 aliphatic carbocycles. The molecule has 2 rings (SSSR count). The highest BCUT2D eigenvalue weighted by Gasteiger charge is 2.16. The normalized spacial score (nSPS) is 13.5. The molecule has 2 aromatic rings. The van der Waals surface area contributed by atoms with Crippen LogP contribution in [0.25, 0.3) is 0 Å². The van der Waals surface area contributed by atoms with E-state index in [1.165, 1.54) is 42.4 Å². The van der Waals surface area contributed by atoms with Crippen LogP contribution in [-0.2, 0) is 4.74 Å². The number of carbonyl (C=O) groups is 1. The van der Waals surface area contributed by atoms with Gasteiger partial charge in [0.05, 0.1) is 12.2 Å². The van der Waals surface area contributed by atoms with Crippen LogP contribution >= 0.6 is 11.8 Å². The van der Waals surface area contributed by atoms with E-state index in [0.717, 1.165) is 0 Å². The highest BCUT2D eigenvalue weighted by Crippen LogP contribution is 2.23. The Morgan fingerprint density at radius 1 is 1.42 bits per heavy atom. The molecule has 0 radical (unpaired) electrons. The van der Waals surface area contributed by atoms with Gasteiger partial charge < -0.3 is 14.9 Å². The molecule has 128 valence electrons. The maximum atomic E-state index is 13.7. The van der Waals surface area contributed by atoms with E-state index in [9.17, 15) is 14.3 Å². The predicted octanol–water partition coefficient (Wildman–Crippen LogP) is 2.85. The first-order valence-corrected chi connectivity index (χ1v) is 8.33. The van der Waals surface area contributed by atoms with Crippen LogP contribution in [0.15, 0.2) is 35.6 Å². The van der Waals surface area contributed by atoms with Crippen LogP contribution in [0.2, 0.25) is 0 Å². The van der Waals surface area contributed by atoms with Gasteiger partial charge in [0, 0.05) is 29.6 Å². The quantitative estimate of drug-likeness (QED) is 0.585. The molecule has 24 heavy (non-hydrogen) atoms. The molecule has 0 amide bonds. The number of carboxylic acid groups (broad SMARTS) is 1. The van der Waals surface area contributed by atoms with Crippen LogP contribution in [0, 0.1) is 5.82 Å². The fraction of sp³-hybridized carbons (Fsp3) is 0.312. The van der Waals surface area contributed by atoms with Gasteiger partial charge in [-0.05, 0) is 24.5 Å². The Hall–Kier alpha value is -2.03. The molecule has 2 heterocycles. The van der Waals surface area contributed by atoms with Crippen LogP contribution in [0.4, 0.5) is 4.39 Å². The monoisotopic (exact) mass is 352 g/mol. The minimum atomic E-state index is -1.33. The predicted molar refractivity (Wildman–Crippen MR) is 86.5 cm³/mol. The van der Waals surface area contributed by atoms with Crippen LogP contribution < -0.4 is 0 Å². The number of aromatic carboxylic acids is 1. The Kier molecular flexibility index (Phi) is 6.24. The highest BCUT2D eigenvalue weighted by molar-refractivity contribution is 7.98. The van der Waals surface area contributed by atoms with Crippen molar-refractivity contribution in [3.05, 3.63) is 53.2 Å². The summed E-state index contributed by atoms with van der Waals surface area (Å²) >= 11 is 1.17. The molecule has 2 aromatic heterocycles. The molecule has 2 unspecified atom stereocenters. The number of pyridine rings is 2. The molecule has 0 saturated carbocycles. The summed E-state index contributed by atoms with van der Waals surface area (Å²) in [5, 5.41) is 19.2. The minimum Gasteiger partial charge on any atom is -0.478 e. The van der Waals surface area contributed by atoms with Gasteiger partial charge in [0.15, 0.2) is 12.1 Å². The van der Waals surface area contributed by atoms with Crippen molar-refractivity contribution in [3.8, 4) is 0 Å². The number of rotatable bonds is 7. The number of aliphatic hydroxyl groups is 1. The van der Waals surface area contributed by atoms with Crippen molar-refractivity contribution in [1.29, 1.82) is 0 Å². The molecule has 0 aliphatic heterocycles. The molecule has 0 aliphatic rings. The van der Waals surface area contributed by atoms with E-state index < -0.39 is 18.1 Å². The lowest BCUT2D eigenvalue weighted by atomic mass is 10.1. The maximum absolute atomic E-state index is 13.7. The third-order valence-electron chi connectivity index (χ3n) is 3.34. The SMILES string of the molecule is CSc1ncc(C(O)OCC(C)c2cc(C(=O)O)ccn2)cc1F. The third kappa shape index (κ3) is 4.50. The molecule has 0 saturated heterocycles. The van der Waals surface area contributed by atoms with Crippen molar-refractivity contribution < 1.29 is 24.1 Å². The summed E-state index contributed by atoms with van der Waals surface area (Å²) in [6, 6.07) is 4.03. The standard InChI is InChI=1S/C16H17FN2O4S/c1-9(13-6-10(15(20)21)3-4-18-13)8-23-16(22)11-5-12(17)14(24-2)19-7-11/h3-7,9,16,22H,8H2,1-2H3,(H,20,21). The minimum absolute atomic E-state index is 0.0864. The molecule has 0 aromatic carbocycles. The van der Waals surface area contributed by atoms with Crippen LogP contribution in [0.5, 0.6) is 0 Å². The number of aliphatic hydroxyl groups excluding tert-OH is 1. The zero-order valence-electron chi connectivity index (χ0n) is 13.1. The summed E-state index contributed by atoms with van der Waals surface area (Å²) in [6.45, 7) is 1.87. The maximum Gasteiger partial charge on any atom is 0.335 e. The second-order valence-corrected chi connectivity index (χ2v) is 5.92. The lowest BCUT2D eigenvalue weighted by Crippen LogP contribution is -2.12. The number of thioether (sulfide) groups is 1. The van der Waals surface area contributed by atoms with Gasteiger partial charge in [-0.3, -0.25) is 4.98 Å². The summed E-state index contributed by atoms with van der Waals surface area (Å²) in [7, 11) is 0. The average molecular weight is 352 g/mol. The van der Waals surface area contributed by atoms with Gasteiger partial charge in [-0.15, -0.1) is 11.8 Å². The van der Waals surface area contributed by atoms with Gasteiger partial charge in [0.25, 0.3) is 0 Å². The van der Waals surface area contributed by atoms with Crippen molar-refractivity contribution in [2.45, 2.75) is 24.2 Å². The Morgan fingerprint density at radius 3 is 2.79 bits per heavy atom. The molecule has 2 N–H and O–H groups in total. The molecule has 0 bridgehead atoms. The van der Waals surface area contributed by atoms with Gasteiger partial charge in [-0.25, -0.2) is 14.2 Å². The third-order valence-corrected chi connectivity index (χ3v) is 4.03. The first-order chi connectivity index (χ1) is 11.4. The van der Waals surface area contributed by atoms with Crippen molar-refractivity contribution in [3.63, 3.8) is 0 Å². The van der Waals surface area contributed by atoms with Crippen molar-refractivity contribution in [2.24, 2.45) is 0 Å². The number of hydrogen-bond donors (Lipinski definition) is 2. The Labute approximate surface area is 142 Å². The Bertz CT molecular complexity index is 729. The highest BCUT2D eigenvalue weighted by atomic mass is 32.2. The Balaban J connectivity index is 2.00. The number of nitrogens with zero attached hydrogens (tertiary/aromatic N) is 2. The van der Waals surface area contributed by atoms with E-state index in [-0.39, 0.29) is 28.7 Å². The number of carboxylic acids is 1. The van der Waals surface area contributed by atoms with Crippen LogP contribution in [-0.4, -0.2) is 39.0 Å². The number of hydrogen-bond acceptors (Lipinski definition) is 6. The molecule has 0 fully saturated rings. The second kappa shape index (κ2) is 8.18. The number of halogens is 1. The first-order valence-electron chi connectivity index (χ1n) is 7.10. The topological polar surface area (TPSA) is 92.5 Å². The number of aromatic nitrogens is 2. The number of ether oxygens (including phenoxy) is 1. The first kappa shape index (κ1) is 18.3. The van der Waals surface area contributed by atoms with E-state index in [0.29, 0.717) is 5.69 Å².